The fourth-order valence-corrected chi connectivity index (χ4v) is 3.49. The molecule has 1 heterocycles. The van der Waals surface area contributed by atoms with Gasteiger partial charge in [0.05, 0.1) is 5.52 Å². The van der Waals surface area contributed by atoms with Crippen LogP contribution in [-0.4, -0.2) is 17.1 Å². The van der Waals surface area contributed by atoms with E-state index in [2.05, 4.69) is 24.0 Å². The first-order valence-corrected chi connectivity index (χ1v) is 9.93. The molecule has 0 radical (unpaired) electrons. The molecule has 0 saturated carbocycles. The number of aromatic nitrogens is 1. The first-order valence-electron chi connectivity index (χ1n) is 9.93. The fraction of sp³-hybridized carbons (Fsp3) is 0.115. The van der Waals surface area contributed by atoms with Crippen LogP contribution in [0.3, 0.4) is 0 Å². The number of nitrogens with zero attached hydrogens (tertiary/aromatic N) is 1. The number of fused-ring (bicyclic) bond motifs is 1. The largest absolute Gasteiger partial charge is 0.489 e. The van der Waals surface area contributed by atoms with E-state index >= 15 is 0 Å². The maximum atomic E-state index is 13.2. The lowest BCUT2D eigenvalue weighted by molar-refractivity contribution is 0.101. The second-order valence-corrected chi connectivity index (χ2v) is 7.21. The molecule has 1 N–H and O–H groups in total. The Morgan fingerprint density at radius 1 is 1.03 bits per heavy atom. The fourth-order valence-electron chi connectivity index (χ4n) is 3.49. The lowest BCUT2D eigenvalue weighted by atomic mass is 10.2. The summed E-state index contributed by atoms with van der Waals surface area (Å²) < 4.78 is 7.87. The summed E-state index contributed by atoms with van der Waals surface area (Å²) in [6.07, 6.45) is 1.71. The van der Waals surface area contributed by atoms with E-state index in [-0.39, 0.29) is 5.91 Å². The zero-order valence-electron chi connectivity index (χ0n) is 17.0. The van der Waals surface area contributed by atoms with Crippen molar-refractivity contribution < 1.29 is 9.53 Å². The molecule has 0 unspecified atom stereocenters. The summed E-state index contributed by atoms with van der Waals surface area (Å²) in [7, 11) is 0. The van der Waals surface area contributed by atoms with Crippen molar-refractivity contribution in [2.75, 3.05) is 11.9 Å². The predicted molar refractivity (Wildman–Crippen MR) is 122 cm³/mol. The molecule has 0 aliphatic heterocycles. The average Bonchev–Trinajstić information content (AvgIpc) is 3.14. The van der Waals surface area contributed by atoms with Gasteiger partial charge in [0.25, 0.3) is 5.91 Å². The number of aryl methyl sites for hydroxylation is 1. The van der Waals surface area contributed by atoms with E-state index in [1.165, 1.54) is 0 Å². The summed E-state index contributed by atoms with van der Waals surface area (Å²) >= 11 is 0. The first kappa shape index (κ1) is 19.5. The molecular weight excluding hydrogens is 372 g/mol. The van der Waals surface area contributed by atoms with Gasteiger partial charge in [0.1, 0.15) is 18.1 Å². The van der Waals surface area contributed by atoms with Gasteiger partial charge < -0.3 is 14.6 Å². The van der Waals surface area contributed by atoms with Crippen LogP contribution in [-0.2, 0) is 6.54 Å². The van der Waals surface area contributed by atoms with Crippen LogP contribution in [0.15, 0.2) is 91.5 Å². The average molecular weight is 396 g/mol. The molecule has 0 saturated heterocycles. The van der Waals surface area contributed by atoms with Crippen molar-refractivity contribution in [2.45, 2.75) is 13.5 Å². The minimum atomic E-state index is -0.152. The Labute approximate surface area is 176 Å². The number of rotatable bonds is 7. The zero-order chi connectivity index (χ0) is 20.9. The lowest BCUT2D eigenvalue weighted by Crippen LogP contribution is -2.17. The third-order valence-corrected chi connectivity index (χ3v) is 4.99. The van der Waals surface area contributed by atoms with E-state index in [1.807, 2.05) is 78.2 Å². The molecule has 3 aromatic carbocycles. The number of carbonyl (C=O) groups is 1. The molecule has 0 aliphatic carbocycles. The minimum absolute atomic E-state index is 0.152. The predicted octanol–water partition coefficient (Wildman–Crippen LogP) is 5.82. The summed E-state index contributed by atoms with van der Waals surface area (Å²) in [5.74, 6) is 0.587. The van der Waals surface area contributed by atoms with Gasteiger partial charge in [-0.05, 0) is 42.8 Å². The van der Waals surface area contributed by atoms with Gasteiger partial charge in [0.15, 0.2) is 0 Å². The Balaban J connectivity index is 1.77. The Morgan fingerprint density at radius 3 is 2.53 bits per heavy atom. The quantitative estimate of drug-likeness (QED) is 0.400. The topological polar surface area (TPSA) is 43.3 Å². The molecule has 0 bridgehead atoms. The third kappa shape index (κ3) is 4.13. The Bertz CT molecular complexity index is 1180. The van der Waals surface area contributed by atoms with Crippen LogP contribution in [0.5, 0.6) is 5.75 Å². The Kier molecular flexibility index (Phi) is 5.66. The highest BCUT2D eigenvalue weighted by molar-refractivity contribution is 6.07. The van der Waals surface area contributed by atoms with Gasteiger partial charge in [-0.1, -0.05) is 66.7 Å². The standard InChI is InChI=1S/C26H24N2O2/c1-3-16-30-25-11-7-10-23-22(25)17-24(28(23)18-20-8-5-4-6-9-20)26(29)27-21-14-12-19(2)13-15-21/h3-15,17H,1,16,18H2,2H3,(H,27,29). The SMILES string of the molecule is C=CCOc1cccc2c1cc(C(=O)Nc1ccc(C)cc1)n2Cc1ccccc1. The van der Waals surface area contributed by atoms with Crippen LogP contribution in [0.4, 0.5) is 5.69 Å². The molecular formula is C26H24N2O2. The molecule has 0 atom stereocenters. The van der Waals surface area contributed by atoms with E-state index < -0.39 is 0 Å². The lowest BCUT2D eigenvalue weighted by Gasteiger charge is -2.12. The molecule has 4 heteroatoms. The van der Waals surface area contributed by atoms with Gasteiger partial charge >= 0.3 is 0 Å². The molecule has 1 aromatic heterocycles. The van der Waals surface area contributed by atoms with Gasteiger partial charge in [0, 0.05) is 17.6 Å². The van der Waals surface area contributed by atoms with Gasteiger partial charge in [-0.3, -0.25) is 4.79 Å². The highest BCUT2D eigenvalue weighted by Gasteiger charge is 2.18. The summed E-state index contributed by atoms with van der Waals surface area (Å²) in [4.78, 5) is 13.2. The number of carbonyl (C=O) groups excluding carboxylic acids is 1. The Morgan fingerprint density at radius 2 is 1.80 bits per heavy atom. The molecule has 0 fully saturated rings. The molecule has 150 valence electrons. The molecule has 4 aromatic rings. The number of hydrogen-bond acceptors (Lipinski definition) is 2. The first-order chi connectivity index (χ1) is 14.7. The highest BCUT2D eigenvalue weighted by atomic mass is 16.5. The summed E-state index contributed by atoms with van der Waals surface area (Å²) in [5, 5.41) is 3.93. The van der Waals surface area contributed by atoms with Gasteiger partial charge in [0.2, 0.25) is 0 Å². The number of ether oxygens (including phenoxy) is 1. The van der Waals surface area contributed by atoms with E-state index in [4.69, 9.17) is 4.74 Å². The summed E-state index contributed by atoms with van der Waals surface area (Å²) in [5.41, 5.74) is 4.58. The van der Waals surface area contributed by atoms with Gasteiger partial charge in [-0.15, -0.1) is 0 Å². The number of benzene rings is 3. The monoisotopic (exact) mass is 396 g/mol. The third-order valence-electron chi connectivity index (χ3n) is 4.99. The maximum Gasteiger partial charge on any atom is 0.272 e. The number of nitrogens with one attached hydrogen (secondary N) is 1. The van der Waals surface area contributed by atoms with Crippen LogP contribution >= 0.6 is 0 Å². The van der Waals surface area contributed by atoms with Crippen molar-refractivity contribution in [3.8, 4) is 5.75 Å². The molecule has 4 nitrogen and oxygen atoms in total. The molecule has 30 heavy (non-hydrogen) atoms. The molecule has 1 amide bonds. The van der Waals surface area contributed by atoms with E-state index in [1.54, 1.807) is 6.08 Å². The second kappa shape index (κ2) is 8.70. The van der Waals surface area contributed by atoms with E-state index in [0.717, 1.165) is 33.5 Å². The molecule has 0 spiro atoms. The number of hydrogen-bond donors (Lipinski definition) is 1. The zero-order valence-corrected chi connectivity index (χ0v) is 17.0. The van der Waals surface area contributed by atoms with Gasteiger partial charge in [-0.2, -0.15) is 0 Å². The summed E-state index contributed by atoms with van der Waals surface area (Å²) in [6, 6.07) is 25.7. The van der Waals surface area contributed by atoms with Crippen molar-refractivity contribution >= 4 is 22.5 Å². The van der Waals surface area contributed by atoms with Crippen molar-refractivity contribution in [2.24, 2.45) is 0 Å². The minimum Gasteiger partial charge on any atom is -0.489 e. The van der Waals surface area contributed by atoms with E-state index in [0.29, 0.717) is 18.8 Å². The second-order valence-electron chi connectivity index (χ2n) is 7.21. The van der Waals surface area contributed by atoms with Crippen molar-refractivity contribution in [1.29, 1.82) is 0 Å². The number of anilines is 1. The van der Waals surface area contributed by atoms with Crippen molar-refractivity contribution in [3.05, 3.63) is 108 Å². The smallest absolute Gasteiger partial charge is 0.272 e. The van der Waals surface area contributed by atoms with Crippen LogP contribution in [0, 0.1) is 6.92 Å². The van der Waals surface area contributed by atoms with Crippen LogP contribution in [0.2, 0.25) is 0 Å². The highest BCUT2D eigenvalue weighted by Crippen LogP contribution is 2.30. The van der Waals surface area contributed by atoms with Gasteiger partial charge in [-0.25, -0.2) is 0 Å². The molecule has 0 aliphatic rings. The van der Waals surface area contributed by atoms with Crippen LogP contribution in [0.1, 0.15) is 21.6 Å². The summed E-state index contributed by atoms with van der Waals surface area (Å²) in [6.45, 7) is 6.74. The Hall–Kier alpha value is -3.79. The van der Waals surface area contributed by atoms with Crippen LogP contribution < -0.4 is 10.1 Å². The number of amides is 1. The van der Waals surface area contributed by atoms with Crippen molar-refractivity contribution in [1.82, 2.24) is 4.57 Å². The normalized spacial score (nSPS) is 10.7. The van der Waals surface area contributed by atoms with E-state index in [9.17, 15) is 4.79 Å². The van der Waals surface area contributed by atoms with Crippen molar-refractivity contribution in [3.63, 3.8) is 0 Å². The van der Waals surface area contributed by atoms with Crippen LogP contribution in [0.25, 0.3) is 10.9 Å². The molecule has 4 rings (SSSR count). The maximum absolute atomic E-state index is 13.2.